The van der Waals surface area contributed by atoms with Crippen molar-refractivity contribution in [3.63, 3.8) is 0 Å². The Morgan fingerprint density at radius 2 is 2.20 bits per heavy atom. The lowest BCUT2D eigenvalue weighted by atomic mass is 10.3. The highest BCUT2D eigenvalue weighted by atomic mass is 35.5. The van der Waals surface area contributed by atoms with Gasteiger partial charge in [-0.1, -0.05) is 28.4 Å². The molecule has 0 fully saturated rings. The Hall–Kier alpha value is -1.13. The summed E-state index contributed by atoms with van der Waals surface area (Å²) in [6.45, 7) is 1.63. The van der Waals surface area contributed by atoms with Crippen molar-refractivity contribution in [2.45, 2.75) is 13.0 Å². The van der Waals surface area contributed by atoms with E-state index in [2.05, 4.69) is 5.16 Å². The maximum absolute atomic E-state index is 8.43. The number of ether oxygens (including phenoxy) is 1. The maximum atomic E-state index is 8.43. The first-order valence-corrected chi connectivity index (χ1v) is 4.89. The van der Waals surface area contributed by atoms with E-state index in [1.165, 1.54) is 0 Å². The van der Waals surface area contributed by atoms with Crippen LogP contribution in [-0.2, 0) is 0 Å². The van der Waals surface area contributed by atoms with Crippen LogP contribution in [-0.4, -0.2) is 17.1 Å². The zero-order chi connectivity index (χ0) is 11.4. The van der Waals surface area contributed by atoms with Gasteiger partial charge in [-0.3, -0.25) is 0 Å². The minimum absolute atomic E-state index is 0.0361. The number of amidine groups is 1. The molecule has 3 N–H and O–H groups in total. The predicted molar refractivity (Wildman–Crippen MR) is 60.0 cm³/mol. The molecule has 1 atom stereocenters. The van der Waals surface area contributed by atoms with Gasteiger partial charge >= 0.3 is 0 Å². The normalized spacial score (nSPS) is 13.7. The van der Waals surface area contributed by atoms with Crippen molar-refractivity contribution in [2.75, 3.05) is 0 Å². The third kappa shape index (κ3) is 3.18. The zero-order valence-electron chi connectivity index (χ0n) is 7.95. The lowest BCUT2D eigenvalue weighted by Gasteiger charge is -2.14. The number of hydrogen-bond donors (Lipinski definition) is 2. The number of benzene rings is 1. The summed E-state index contributed by atoms with van der Waals surface area (Å²) in [4.78, 5) is 0. The Kier molecular flexibility index (Phi) is 4.05. The number of hydrogen-bond acceptors (Lipinski definition) is 3. The fourth-order valence-corrected chi connectivity index (χ4v) is 1.22. The van der Waals surface area contributed by atoms with Crippen LogP contribution in [0.3, 0.4) is 0 Å². The molecule has 1 rings (SSSR count). The molecule has 0 heterocycles. The molecular weight excluding hydrogens is 239 g/mol. The Morgan fingerprint density at radius 3 is 2.80 bits per heavy atom. The lowest BCUT2D eigenvalue weighted by molar-refractivity contribution is 0.266. The summed E-state index contributed by atoms with van der Waals surface area (Å²) in [6.07, 6.45) is -0.578. The number of halogens is 2. The highest BCUT2D eigenvalue weighted by molar-refractivity contribution is 6.34. The summed E-state index contributed by atoms with van der Waals surface area (Å²) < 4.78 is 5.35. The first-order valence-electron chi connectivity index (χ1n) is 4.13. The third-order valence-electron chi connectivity index (χ3n) is 1.73. The molecule has 82 valence electrons. The fourth-order valence-electron chi connectivity index (χ4n) is 0.900. The van der Waals surface area contributed by atoms with Crippen LogP contribution >= 0.6 is 23.2 Å². The molecule has 0 aromatic heterocycles. The molecule has 1 aromatic carbocycles. The van der Waals surface area contributed by atoms with Crippen LogP contribution in [0.15, 0.2) is 23.4 Å². The van der Waals surface area contributed by atoms with Crippen molar-refractivity contribution in [1.82, 2.24) is 0 Å². The van der Waals surface area contributed by atoms with Gasteiger partial charge in [0.1, 0.15) is 5.75 Å². The van der Waals surface area contributed by atoms with Crippen LogP contribution in [0.25, 0.3) is 0 Å². The van der Waals surface area contributed by atoms with Crippen molar-refractivity contribution in [2.24, 2.45) is 10.9 Å². The van der Waals surface area contributed by atoms with E-state index in [4.69, 9.17) is 38.9 Å². The van der Waals surface area contributed by atoms with E-state index in [1.54, 1.807) is 25.1 Å². The third-order valence-corrected chi connectivity index (χ3v) is 2.28. The second-order valence-electron chi connectivity index (χ2n) is 2.86. The molecule has 0 saturated heterocycles. The summed E-state index contributed by atoms with van der Waals surface area (Å²) in [7, 11) is 0. The summed E-state index contributed by atoms with van der Waals surface area (Å²) in [6, 6.07) is 4.81. The van der Waals surface area contributed by atoms with Gasteiger partial charge in [-0.15, -0.1) is 0 Å². The molecule has 6 heteroatoms. The summed E-state index contributed by atoms with van der Waals surface area (Å²) in [5, 5.41) is 12.2. The Labute approximate surface area is 97.2 Å². The zero-order valence-corrected chi connectivity index (χ0v) is 9.46. The van der Waals surface area contributed by atoms with Crippen molar-refractivity contribution < 1.29 is 9.94 Å². The Bertz CT molecular complexity index is 382. The summed E-state index contributed by atoms with van der Waals surface area (Å²) >= 11 is 11.6. The maximum Gasteiger partial charge on any atom is 0.180 e. The SMILES string of the molecule is CC(Oc1cc(Cl)ccc1Cl)C(N)=NO. The van der Waals surface area contributed by atoms with Gasteiger partial charge < -0.3 is 15.7 Å². The van der Waals surface area contributed by atoms with Crippen molar-refractivity contribution in [3.8, 4) is 5.75 Å². The predicted octanol–water partition coefficient (Wildman–Crippen LogP) is 2.51. The topological polar surface area (TPSA) is 67.8 Å². The van der Waals surface area contributed by atoms with E-state index in [-0.39, 0.29) is 5.84 Å². The van der Waals surface area contributed by atoms with Crippen molar-refractivity contribution in [3.05, 3.63) is 28.2 Å². The van der Waals surface area contributed by atoms with Crippen LogP contribution in [0, 0.1) is 0 Å². The fraction of sp³-hybridized carbons (Fsp3) is 0.222. The van der Waals surface area contributed by atoms with E-state index in [1.807, 2.05) is 0 Å². The van der Waals surface area contributed by atoms with Crippen molar-refractivity contribution >= 4 is 29.0 Å². The second kappa shape index (κ2) is 5.09. The number of nitrogens with two attached hydrogens (primary N) is 1. The number of nitrogens with zero attached hydrogens (tertiary/aromatic N) is 1. The van der Waals surface area contributed by atoms with Gasteiger partial charge in [-0.05, 0) is 19.1 Å². The van der Waals surface area contributed by atoms with E-state index >= 15 is 0 Å². The molecule has 0 amide bonds. The first-order chi connectivity index (χ1) is 7.04. The molecule has 0 aliphatic rings. The molecule has 0 spiro atoms. The first kappa shape index (κ1) is 11.9. The van der Waals surface area contributed by atoms with Gasteiger partial charge in [-0.25, -0.2) is 0 Å². The standard InChI is InChI=1S/C9H10Cl2N2O2/c1-5(9(12)13-14)15-8-4-6(10)2-3-7(8)11/h2-5,14H,1H3,(H2,12,13). The molecule has 15 heavy (non-hydrogen) atoms. The Morgan fingerprint density at radius 1 is 1.53 bits per heavy atom. The van der Waals surface area contributed by atoms with Crippen LogP contribution in [0.5, 0.6) is 5.75 Å². The molecule has 0 aliphatic heterocycles. The molecular formula is C9H10Cl2N2O2. The molecule has 0 bridgehead atoms. The molecule has 0 saturated carbocycles. The number of rotatable bonds is 3. The Balaban J connectivity index is 2.85. The van der Waals surface area contributed by atoms with E-state index in [9.17, 15) is 0 Å². The van der Waals surface area contributed by atoms with Crippen LogP contribution in [0.4, 0.5) is 0 Å². The van der Waals surface area contributed by atoms with Crippen LogP contribution in [0.1, 0.15) is 6.92 Å². The van der Waals surface area contributed by atoms with Gasteiger partial charge in [0.2, 0.25) is 0 Å². The van der Waals surface area contributed by atoms with Gasteiger partial charge in [0.15, 0.2) is 11.9 Å². The summed E-state index contributed by atoms with van der Waals surface area (Å²) in [5.74, 6) is 0.356. The van der Waals surface area contributed by atoms with E-state index in [0.29, 0.717) is 15.8 Å². The minimum atomic E-state index is -0.578. The number of oxime groups is 1. The average Bonchev–Trinajstić information content (AvgIpc) is 2.22. The van der Waals surface area contributed by atoms with Gasteiger partial charge in [0.05, 0.1) is 5.02 Å². The van der Waals surface area contributed by atoms with E-state index < -0.39 is 6.10 Å². The molecule has 1 unspecified atom stereocenters. The van der Waals surface area contributed by atoms with Crippen LogP contribution in [0.2, 0.25) is 10.0 Å². The summed E-state index contributed by atoms with van der Waals surface area (Å²) in [5.41, 5.74) is 5.35. The lowest BCUT2D eigenvalue weighted by Crippen LogP contribution is -2.31. The monoisotopic (exact) mass is 248 g/mol. The molecule has 0 aliphatic carbocycles. The van der Waals surface area contributed by atoms with Gasteiger partial charge in [0, 0.05) is 11.1 Å². The highest BCUT2D eigenvalue weighted by Crippen LogP contribution is 2.28. The van der Waals surface area contributed by atoms with E-state index in [0.717, 1.165) is 0 Å². The molecule has 0 radical (unpaired) electrons. The minimum Gasteiger partial charge on any atom is -0.481 e. The van der Waals surface area contributed by atoms with Gasteiger partial charge in [-0.2, -0.15) is 0 Å². The van der Waals surface area contributed by atoms with Crippen LogP contribution < -0.4 is 10.5 Å². The second-order valence-corrected chi connectivity index (χ2v) is 3.70. The largest absolute Gasteiger partial charge is 0.481 e. The highest BCUT2D eigenvalue weighted by Gasteiger charge is 2.11. The van der Waals surface area contributed by atoms with Crippen molar-refractivity contribution in [1.29, 1.82) is 0 Å². The smallest absolute Gasteiger partial charge is 0.180 e. The van der Waals surface area contributed by atoms with Gasteiger partial charge in [0.25, 0.3) is 0 Å². The quantitative estimate of drug-likeness (QED) is 0.374. The molecule has 1 aromatic rings. The average molecular weight is 249 g/mol. The molecule has 4 nitrogen and oxygen atoms in total.